The average molecular weight is 323 g/mol. The van der Waals surface area contributed by atoms with Crippen molar-refractivity contribution in [3.8, 4) is 0 Å². The zero-order valence-corrected chi connectivity index (χ0v) is 13.8. The highest BCUT2D eigenvalue weighted by Crippen LogP contribution is 2.31. The van der Waals surface area contributed by atoms with E-state index in [1.165, 1.54) is 38.4 Å². The van der Waals surface area contributed by atoms with Crippen molar-refractivity contribution < 1.29 is 9.21 Å². The van der Waals surface area contributed by atoms with Gasteiger partial charge in [0, 0.05) is 11.7 Å². The minimum atomic E-state index is -0.160. The summed E-state index contributed by atoms with van der Waals surface area (Å²) < 4.78 is 7.48. The molecule has 0 saturated heterocycles. The molecule has 2 heterocycles. The molecule has 0 aliphatic heterocycles. The predicted octanol–water partition coefficient (Wildman–Crippen LogP) is 4.70. The first-order chi connectivity index (χ1) is 11.7. The average Bonchev–Trinajstić information content (AvgIpc) is 3.21. The zero-order valence-electron chi connectivity index (χ0n) is 13.8. The van der Waals surface area contributed by atoms with E-state index in [2.05, 4.69) is 20.9 Å². The number of imidazole rings is 1. The summed E-state index contributed by atoms with van der Waals surface area (Å²) in [6, 6.07) is 8.16. The predicted molar refractivity (Wildman–Crippen MR) is 93.3 cm³/mol. The Kier molecular flexibility index (Phi) is 3.84. The molecule has 3 aromatic rings. The molecule has 0 spiro atoms. The second kappa shape index (κ2) is 6.15. The van der Waals surface area contributed by atoms with Crippen LogP contribution in [-0.2, 0) is 0 Å². The summed E-state index contributed by atoms with van der Waals surface area (Å²) in [5.74, 6) is 0.461. The highest BCUT2D eigenvalue weighted by molar-refractivity contribution is 6.05. The van der Waals surface area contributed by atoms with Gasteiger partial charge in [-0.3, -0.25) is 4.79 Å². The summed E-state index contributed by atoms with van der Waals surface area (Å²) in [5.41, 5.74) is 3.37. The molecule has 0 radical (unpaired) electrons. The number of carbonyl (C=O) groups is 1. The molecule has 1 aliphatic rings. The van der Waals surface area contributed by atoms with Gasteiger partial charge in [0.2, 0.25) is 0 Å². The SMILES string of the molecule is Cc1occc1C(=O)Nc1ccc2c(c1)ncn2C1CCCCC1. The summed E-state index contributed by atoms with van der Waals surface area (Å²) in [5, 5.41) is 2.92. The maximum absolute atomic E-state index is 12.3. The largest absolute Gasteiger partial charge is 0.469 e. The van der Waals surface area contributed by atoms with E-state index in [0.717, 1.165) is 16.7 Å². The smallest absolute Gasteiger partial charge is 0.259 e. The molecule has 1 fully saturated rings. The van der Waals surface area contributed by atoms with Gasteiger partial charge in [0.25, 0.3) is 5.91 Å². The summed E-state index contributed by atoms with van der Waals surface area (Å²) in [7, 11) is 0. The molecule has 1 amide bonds. The summed E-state index contributed by atoms with van der Waals surface area (Å²) in [6.45, 7) is 1.78. The van der Waals surface area contributed by atoms with Gasteiger partial charge < -0.3 is 14.3 Å². The van der Waals surface area contributed by atoms with E-state index in [-0.39, 0.29) is 5.91 Å². The minimum Gasteiger partial charge on any atom is -0.469 e. The number of aromatic nitrogens is 2. The Balaban J connectivity index is 1.58. The van der Waals surface area contributed by atoms with Crippen LogP contribution in [0.3, 0.4) is 0 Å². The van der Waals surface area contributed by atoms with E-state index >= 15 is 0 Å². The van der Waals surface area contributed by atoms with Gasteiger partial charge in [-0.05, 0) is 44.0 Å². The van der Waals surface area contributed by atoms with E-state index < -0.39 is 0 Å². The van der Waals surface area contributed by atoms with Gasteiger partial charge in [0.15, 0.2) is 0 Å². The Bertz CT molecular complexity index is 872. The molecule has 0 bridgehead atoms. The van der Waals surface area contributed by atoms with Crippen molar-refractivity contribution in [1.29, 1.82) is 0 Å². The van der Waals surface area contributed by atoms with Gasteiger partial charge in [0.05, 0.1) is 29.2 Å². The second-order valence-electron chi connectivity index (χ2n) is 6.49. The molecule has 124 valence electrons. The lowest BCUT2D eigenvalue weighted by molar-refractivity contribution is 0.102. The number of carbonyl (C=O) groups excluding carboxylic acids is 1. The van der Waals surface area contributed by atoms with Crippen LogP contribution < -0.4 is 5.32 Å². The Morgan fingerprint density at radius 2 is 2.08 bits per heavy atom. The van der Waals surface area contributed by atoms with E-state index in [4.69, 9.17) is 4.42 Å². The molecular formula is C19H21N3O2. The standard InChI is InChI=1S/C19H21N3O2/c1-13-16(9-10-24-13)19(23)21-14-7-8-18-17(11-14)20-12-22(18)15-5-3-2-4-6-15/h7-12,15H,2-6H2,1H3,(H,21,23). The van der Waals surface area contributed by atoms with Gasteiger partial charge >= 0.3 is 0 Å². The molecule has 24 heavy (non-hydrogen) atoms. The van der Waals surface area contributed by atoms with Crippen molar-refractivity contribution in [2.45, 2.75) is 45.1 Å². The van der Waals surface area contributed by atoms with Crippen LogP contribution in [0.5, 0.6) is 0 Å². The fourth-order valence-corrected chi connectivity index (χ4v) is 3.58. The molecule has 0 atom stereocenters. The first kappa shape index (κ1) is 15.0. The van der Waals surface area contributed by atoms with Gasteiger partial charge in [-0.15, -0.1) is 0 Å². The number of furan rings is 1. The monoisotopic (exact) mass is 323 g/mol. The number of nitrogens with one attached hydrogen (secondary N) is 1. The zero-order chi connectivity index (χ0) is 16.5. The molecule has 1 aliphatic carbocycles. The van der Waals surface area contributed by atoms with Crippen LogP contribution in [0.2, 0.25) is 0 Å². The number of fused-ring (bicyclic) bond motifs is 1. The number of hydrogen-bond donors (Lipinski definition) is 1. The second-order valence-corrected chi connectivity index (χ2v) is 6.49. The number of hydrogen-bond acceptors (Lipinski definition) is 3. The number of benzene rings is 1. The van der Waals surface area contributed by atoms with Crippen molar-refractivity contribution in [3.63, 3.8) is 0 Å². The van der Waals surface area contributed by atoms with Gasteiger partial charge in [-0.25, -0.2) is 4.98 Å². The summed E-state index contributed by atoms with van der Waals surface area (Å²) >= 11 is 0. The Labute approximate surface area is 140 Å². The normalized spacial score (nSPS) is 15.7. The quantitative estimate of drug-likeness (QED) is 0.760. The van der Waals surface area contributed by atoms with Crippen molar-refractivity contribution in [1.82, 2.24) is 9.55 Å². The van der Waals surface area contributed by atoms with Crippen molar-refractivity contribution in [2.24, 2.45) is 0 Å². The van der Waals surface area contributed by atoms with Crippen LogP contribution in [0.4, 0.5) is 5.69 Å². The number of rotatable bonds is 3. The van der Waals surface area contributed by atoms with E-state index in [9.17, 15) is 4.79 Å². The van der Waals surface area contributed by atoms with E-state index in [1.807, 2.05) is 18.5 Å². The molecule has 2 aromatic heterocycles. The minimum absolute atomic E-state index is 0.160. The number of aryl methyl sites for hydroxylation is 1. The first-order valence-electron chi connectivity index (χ1n) is 8.54. The maximum atomic E-state index is 12.3. The summed E-state index contributed by atoms with van der Waals surface area (Å²) in [6.07, 6.45) is 9.84. The van der Waals surface area contributed by atoms with Crippen LogP contribution in [0.25, 0.3) is 11.0 Å². The first-order valence-corrected chi connectivity index (χ1v) is 8.54. The maximum Gasteiger partial charge on any atom is 0.259 e. The van der Waals surface area contributed by atoms with Crippen molar-refractivity contribution in [3.05, 3.63) is 48.2 Å². The summed E-state index contributed by atoms with van der Waals surface area (Å²) in [4.78, 5) is 16.8. The molecule has 5 heteroatoms. The number of anilines is 1. The lowest BCUT2D eigenvalue weighted by Crippen LogP contribution is -2.12. The molecule has 0 unspecified atom stereocenters. The fraction of sp³-hybridized carbons (Fsp3) is 0.368. The molecule has 1 aromatic carbocycles. The third-order valence-corrected chi connectivity index (χ3v) is 4.90. The van der Waals surface area contributed by atoms with Gasteiger partial charge in [0.1, 0.15) is 5.76 Å². The third-order valence-electron chi connectivity index (χ3n) is 4.90. The van der Waals surface area contributed by atoms with Crippen LogP contribution in [0, 0.1) is 6.92 Å². The van der Waals surface area contributed by atoms with Crippen molar-refractivity contribution >= 4 is 22.6 Å². The highest BCUT2D eigenvalue weighted by atomic mass is 16.3. The van der Waals surface area contributed by atoms with E-state index in [0.29, 0.717) is 17.4 Å². The molecule has 4 rings (SSSR count). The Morgan fingerprint density at radius 1 is 1.25 bits per heavy atom. The molecule has 1 saturated carbocycles. The molecular weight excluding hydrogens is 302 g/mol. The lowest BCUT2D eigenvalue weighted by Gasteiger charge is -2.23. The fourth-order valence-electron chi connectivity index (χ4n) is 3.58. The van der Waals surface area contributed by atoms with E-state index in [1.54, 1.807) is 13.0 Å². The van der Waals surface area contributed by atoms with Crippen LogP contribution in [-0.4, -0.2) is 15.5 Å². The highest BCUT2D eigenvalue weighted by Gasteiger charge is 2.18. The van der Waals surface area contributed by atoms with Gasteiger partial charge in [-0.2, -0.15) is 0 Å². The van der Waals surface area contributed by atoms with Crippen LogP contribution in [0.1, 0.15) is 54.3 Å². The topological polar surface area (TPSA) is 60.1 Å². The Morgan fingerprint density at radius 3 is 2.83 bits per heavy atom. The molecule has 1 N–H and O–H groups in total. The Hall–Kier alpha value is -2.56. The van der Waals surface area contributed by atoms with Gasteiger partial charge in [-0.1, -0.05) is 19.3 Å². The van der Waals surface area contributed by atoms with Crippen molar-refractivity contribution in [2.75, 3.05) is 5.32 Å². The van der Waals surface area contributed by atoms with Crippen LogP contribution >= 0.6 is 0 Å². The lowest BCUT2D eigenvalue weighted by atomic mass is 9.95. The number of nitrogens with zero attached hydrogens (tertiary/aromatic N) is 2. The van der Waals surface area contributed by atoms with Crippen LogP contribution in [0.15, 0.2) is 41.3 Å². The molecule has 5 nitrogen and oxygen atoms in total. The number of amides is 1. The third kappa shape index (κ3) is 2.70.